The van der Waals surface area contributed by atoms with Crippen molar-refractivity contribution < 1.29 is 4.79 Å². The van der Waals surface area contributed by atoms with Crippen molar-refractivity contribution in [1.29, 1.82) is 0 Å². The first-order chi connectivity index (χ1) is 7.72. The highest BCUT2D eigenvalue weighted by atomic mass is 32.1. The van der Waals surface area contributed by atoms with Crippen molar-refractivity contribution in [3.63, 3.8) is 0 Å². The lowest BCUT2D eigenvalue weighted by Crippen LogP contribution is -2.38. The Labute approximate surface area is 102 Å². The molecule has 1 aliphatic rings. The molecule has 0 aliphatic carbocycles. The van der Waals surface area contributed by atoms with Crippen molar-refractivity contribution in [2.24, 2.45) is 5.92 Å². The van der Waals surface area contributed by atoms with Crippen LogP contribution in [0.25, 0.3) is 0 Å². The van der Waals surface area contributed by atoms with Crippen LogP contribution in [0.1, 0.15) is 18.9 Å². The first-order valence-corrected chi connectivity index (χ1v) is 6.34. The van der Waals surface area contributed by atoms with Crippen LogP contribution in [0.4, 0.5) is 5.69 Å². The van der Waals surface area contributed by atoms with E-state index in [4.69, 9.17) is 0 Å². The van der Waals surface area contributed by atoms with Gasteiger partial charge in [0.05, 0.1) is 0 Å². The fourth-order valence-electron chi connectivity index (χ4n) is 2.07. The second kappa shape index (κ2) is 4.91. The van der Waals surface area contributed by atoms with Gasteiger partial charge in [0.1, 0.15) is 0 Å². The molecular weight excluding hydrogens is 218 g/mol. The zero-order chi connectivity index (χ0) is 11.5. The highest BCUT2D eigenvalue weighted by molar-refractivity contribution is 7.80. The summed E-state index contributed by atoms with van der Waals surface area (Å²) in [5.41, 5.74) is 2.38. The zero-order valence-electron chi connectivity index (χ0n) is 9.52. The van der Waals surface area contributed by atoms with Gasteiger partial charge in [-0.25, -0.2) is 0 Å². The van der Waals surface area contributed by atoms with Gasteiger partial charge in [-0.1, -0.05) is 25.1 Å². The molecule has 16 heavy (non-hydrogen) atoms. The van der Waals surface area contributed by atoms with E-state index in [1.165, 1.54) is 5.56 Å². The number of thiol groups is 1. The van der Waals surface area contributed by atoms with Gasteiger partial charge in [-0.3, -0.25) is 4.79 Å². The molecule has 1 aromatic rings. The number of hydrogen-bond donors (Lipinski definition) is 1. The summed E-state index contributed by atoms with van der Waals surface area (Å²) in [6.45, 7) is 2.90. The number of amides is 1. The topological polar surface area (TPSA) is 20.3 Å². The van der Waals surface area contributed by atoms with Gasteiger partial charge in [-0.05, 0) is 29.7 Å². The predicted octanol–water partition coefficient (Wildman–Crippen LogP) is 2.53. The van der Waals surface area contributed by atoms with E-state index in [-0.39, 0.29) is 5.91 Å². The minimum Gasteiger partial charge on any atom is -0.312 e. The first kappa shape index (κ1) is 11.5. The molecule has 86 valence electrons. The van der Waals surface area contributed by atoms with Crippen LogP contribution in [0.2, 0.25) is 0 Å². The van der Waals surface area contributed by atoms with E-state index in [9.17, 15) is 4.79 Å². The quantitative estimate of drug-likeness (QED) is 0.798. The van der Waals surface area contributed by atoms with Gasteiger partial charge in [-0.2, -0.15) is 12.6 Å². The molecule has 1 unspecified atom stereocenters. The summed E-state index contributed by atoms with van der Waals surface area (Å²) in [7, 11) is 0. The van der Waals surface area contributed by atoms with Gasteiger partial charge in [-0.15, -0.1) is 0 Å². The van der Waals surface area contributed by atoms with Crippen molar-refractivity contribution in [2.75, 3.05) is 17.2 Å². The van der Waals surface area contributed by atoms with Gasteiger partial charge in [0.2, 0.25) is 5.91 Å². The number of benzene rings is 1. The van der Waals surface area contributed by atoms with Crippen molar-refractivity contribution in [3.8, 4) is 0 Å². The SMILES string of the molecule is CC(CS)CN1C(=O)CCc2ccccc21. The molecule has 1 atom stereocenters. The maximum atomic E-state index is 11.9. The normalized spacial score (nSPS) is 17.1. The number of fused-ring (bicyclic) bond motifs is 1. The van der Waals surface area contributed by atoms with Crippen LogP contribution in [0, 0.1) is 5.92 Å². The molecule has 0 saturated heterocycles. The monoisotopic (exact) mass is 235 g/mol. The average molecular weight is 235 g/mol. The van der Waals surface area contributed by atoms with E-state index in [0.29, 0.717) is 12.3 Å². The largest absolute Gasteiger partial charge is 0.312 e. The zero-order valence-corrected chi connectivity index (χ0v) is 10.4. The van der Waals surface area contributed by atoms with Crippen LogP contribution in [-0.2, 0) is 11.2 Å². The highest BCUT2D eigenvalue weighted by Gasteiger charge is 2.24. The lowest BCUT2D eigenvalue weighted by molar-refractivity contribution is -0.119. The molecule has 0 spiro atoms. The lowest BCUT2D eigenvalue weighted by Gasteiger charge is -2.31. The van der Waals surface area contributed by atoms with Crippen LogP contribution < -0.4 is 4.90 Å². The number of para-hydroxylation sites is 1. The van der Waals surface area contributed by atoms with E-state index in [2.05, 4.69) is 25.6 Å². The molecule has 1 aliphatic heterocycles. The fourth-order valence-corrected chi connectivity index (χ4v) is 2.18. The second-order valence-electron chi connectivity index (χ2n) is 4.42. The van der Waals surface area contributed by atoms with Gasteiger partial charge in [0, 0.05) is 18.7 Å². The van der Waals surface area contributed by atoms with E-state index in [1.54, 1.807) is 0 Å². The highest BCUT2D eigenvalue weighted by Crippen LogP contribution is 2.28. The van der Waals surface area contributed by atoms with Gasteiger partial charge in [0.25, 0.3) is 0 Å². The third-order valence-electron chi connectivity index (χ3n) is 3.00. The summed E-state index contributed by atoms with van der Waals surface area (Å²) in [5.74, 6) is 1.48. The Kier molecular flexibility index (Phi) is 3.54. The molecule has 1 amide bonds. The third-order valence-corrected chi connectivity index (χ3v) is 3.62. The van der Waals surface area contributed by atoms with E-state index < -0.39 is 0 Å². The Balaban J connectivity index is 2.26. The standard InChI is InChI=1S/C13H17NOS/c1-10(9-16)8-14-12-5-3-2-4-11(12)6-7-13(14)15/h2-5,10,16H,6-9H2,1H3. The summed E-state index contributed by atoms with van der Waals surface area (Å²) >= 11 is 4.28. The van der Waals surface area contributed by atoms with Gasteiger partial charge in [0.15, 0.2) is 0 Å². The Morgan fingerprint density at radius 1 is 1.38 bits per heavy atom. The van der Waals surface area contributed by atoms with E-state index in [0.717, 1.165) is 24.4 Å². The molecule has 0 radical (unpaired) electrons. The molecule has 0 aromatic heterocycles. The molecular formula is C13H17NOS. The van der Waals surface area contributed by atoms with E-state index >= 15 is 0 Å². The molecule has 1 heterocycles. The van der Waals surface area contributed by atoms with Crippen LogP contribution in [0.15, 0.2) is 24.3 Å². The number of anilines is 1. The summed E-state index contributed by atoms with van der Waals surface area (Å²) in [5, 5.41) is 0. The Bertz CT molecular complexity index is 391. The number of carbonyl (C=O) groups excluding carboxylic acids is 1. The van der Waals surface area contributed by atoms with E-state index in [1.807, 2.05) is 23.1 Å². The number of aryl methyl sites for hydroxylation is 1. The third kappa shape index (κ3) is 2.24. The Hall–Kier alpha value is -0.960. The average Bonchev–Trinajstić information content (AvgIpc) is 2.32. The number of rotatable bonds is 3. The van der Waals surface area contributed by atoms with Gasteiger partial charge >= 0.3 is 0 Å². The number of carbonyl (C=O) groups is 1. The maximum absolute atomic E-state index is 11.9. The summed E-state index contributed by atoms with van der Waals surface area (Å²) < 4.78 is 0. The van der Waals surface area contributed by atoms with Crippen molar-refractivity contribution >= 4 is 24.2 Å². The van der Waals surface area contributed by atoms with Crippen molar-refractivity contribution in [2.45, 2.75) is 19.8 Å². The maximum Gasteiger partial charge on any atom is 0.227 e. The predicted molar refractivity (Wildman–Crippen MR) is 70.1 cm³/mol. The smallest absolute Gasteiger partial charge is 0.227 e. The van der Waals surface area contributed by atoms with Crippen molar-refractivity contribution in [1.82, 2.24) is 0 Å². The minimum absolute atomic E-state index is 0.243. The number of hydrogen-bond acceptors (Lipinski definition) is 2. The lowest BCUT2D eigenvalue weighted by atomic mass is 10.00. The second-order valence-corrected chi connectivity index (χ2v) is 4.79. The Morgan fingerprint density at radius 2 is 2.12 bits per heavy atom. The fraction of sp³-hybridized carbons (Fsp3) is 0.462. The van der Waals surface area contributed by atoms with Crippen LogP contribution in [-0.4, -0.2) is 18.2 Å². The molecule has 0 bridgehead atoms. The van der Waals surface area contributed by atoms with Crippen LogP contribution >= 0.6 is 12.6 Å². The molecule has 0 fully saturated rings. The summed E-state index contributed by atoms with van der Waals surface area (Å²) in [4.78, 5) is 13.8. The van der Waals surface area contributed by atoms with Crippen LogP contribution in [0.5, 0.6) is 0 Å². The van der Waals surface area contributed by atoms with Crippen molar-refractivity contribution in [3.05, 3.63) is 29.8 Å². The molecule has 3 heteroatoms. The number of nitrogens with zero attached hydrogens (tertiary/aromatic N) is 1. The molecule has 2 nitrogen and oxygen atoms in total. The van der Waals surface area contributed by atoms with Gasteiger partial charge < -0.3 is 4.90 Å². The molecule has 0 saturated carbocycles. The first-order valence-electron chi connectivity index (χ1n) is 5.71. The molecule has 1 aromatic carbocycles. The summed E-state index contributed by atoms with van der Waals surface area (Å²) in [6, 6.07) is 8.18. The summed E-state index contributed by atoms with van der Waals surface area (Å²) in [6.07, 6.45) is 1.51. The minimum atomic E-state index is 0.243. The molecule has 0 N–H and O–H groups in total. The molecule has 2 rings (SSSR count). The van der Waals surface area contributed by atoms with Crippen LogP contribution in [0.3, 0.4) is 0 Å². The Morgan fingerprint density at radius 3 is 2.88 bits per heavy atom.